The number of nitrogens with zero attached hydrogens (tertiary/aromatic N) is 1. The third-order valence-corrected chi connectivity index (χ3v) is 5.10. The molecular formula is C22H23ClN2O4. The van der Waals surface area contributed by atoms with Crippen LogP contribution in [0.5, 0.6) is 0 Å². The lowest BCUT2D eigenvalue weighted by Crippen LogP contribution is -2.37. The molecule has 6 nitrogen and oxygen atoms in total. The fraction of sp³-hybridized carbons (Fsp3) is 0.318. The molecule has 2 amide bonds. The first kappa shape index (κ1) is 20.9. The number of rotatable bonds is 6. The van der Waals surface area contributed by atoms with Gasteiger partial charge in [-0.2, -0.15) is 0 Å². The Morgan fingerprint density at radius 3 is 2.48 bits per heavy atom. The fourth-order valence-corrected chi connectivity index (χ4v) is 3.22. The maximum absolute atomic E-state index is 12.5. The van der Waals surface area contributed by atoms with E-state index < -0.39 is 23.9 Å². The summed E-state index contributed by atoms with van der Waals surface area (Å²) in [5, 5.41) is 3.34. The van der Waals surface area contributed by atoms with Gasteiger partial charge in [-0.1, -0.05) is 41.4 Å². The average Bonchev–Trinajstić information content (AvgIpc) is 3.09. The highest BCUT2D eigenvalue weighted by Crippen LogP contribution is 2.26. The van der Waals surface area contributed by atoms with Crippen molar-refractivity contribution in [3.05, 3.63) is 64.7 Å². The van der Waals surface area contributed by atoms with Crippen LogP contribution < -0.4 is 10.2 Å². The zero-order valence-electron chi connectivity index (χ0n) is 16.4. The molecule has 0 aliphatic carbocycles. The first-order valence-corrected chi connectivity index (χ1v) is 9.81. The number of hydrogen-bond acceptors (Lipinski definition) is 4. The number of hydrogen-bond donors (Lipinski definition) is 1. The summed E-state index contributed by atoms with van der Waals surface area (Å²) in [7, 11) is 0. The Balaban J connectivity index is 1.51. The molecule has 0 spiro atoms. The van der Waals surface area contributed by atoms with Gasteiger partial charge in [0.15, 0.2) is 6.10 Å². The summed E-state index contributed by atoms with van der Waals surface area (Å²) in [6, 6.07) is 14.6. The molecule has 0 unspecified atom stereocenters. The Bertz CT molecular complexity index is 896. The highest BCUT2D eigenvalue weighted by molar-refractivity contribution is 6.30. The van der Waals surface area contributed by atoms with Crippen molar-refractivity contribution < 1.29 is 19.1 Å². The molecule has 2 aromatic carbocycles. The summed E-state index contributed by atoms with van der Waals surface area (Å²) >= 11 is 5.84. The lowest BCUT2D eigenvalue weighted by atomic mass is 10.1. The number of carbonyl (C=O) groups is 3. The fourth-order valence-electron chi connectivity index (χ4n) is 3.10. The molecule has 29 heavy (non-hydrogen) atoms. The number of aryl methyl sites for hydroxylation is 1. The SMILES string of the molecule is Cc1ccc(N2C[C@@H](C(=O)O[C@@H](C)C(=O)NCc3ccc(Cl)cc3)CC2=O)cc1. The minimum Gasteiger partial charge on any atom is -0.452 e. The molecule has 1 heterocycles. The Labute approximate surface area is 174 Å². The third-order valence-electron chi connectivity index (χ3n) is 4.85. The molecule has 0 bridgehead atoms. The van der Waals surface area contributed by atoms with Crippen molar-refractivity contribution in [2.45, 2.75) is 32.9 Å². The molecule has 1 aliphatic rings. The lowest BCUT2D eigenvalue weighted by molar-refractivity contribution is -0.158. The molecule has 3 rings (SSSR count). The standard InChI is InChI=1S/C22H23ClN2O4/c1-14-3-9-19(10-4-14)25-13-17(11-20(25)26)22(28)29-15(2)21(27)24-12-16-5-7-18(23)8-6-16/h3-10,15,17H,11-13H2,1-2H3,(H,24,27)/t15-,17-/m0/s1. The third kappa shape index (κ3) is 5.35. The van der Waals surface area contributed by atoms with Gasteiger partial charge in [0.1, 0.15) is 0 Å². The zero-order chi connectivity index (χ0) is 21.0. The van der Waals surface area contributed by atoms with Crippen LogP contribution in [0, 0.1) is 12.8 Å². The van der Waals surface area contributed by atoms with Gasteiger partial charge < -0.3 is 15.0 Å². The van der Waals surface area contributed by atoms with Crippen molar-refractivity contribution >= 4 is 35.1 Å². The summed E-state index contributed by atoms with van der Waals surface area (Å²) in [6.07, 6.45) is -0.871. The van der Waals surface area contributed by atoms with Crippen molar-refractivity contribution in [1.82, 2.24) is 5.32 Å². The minimum absolute atomic E-state index is 0.0752. The van der Waals surface area contributed by atoms with E-state index in [0.717, 1.165) is 16.8 Å². The van der Waals surface area contributed by atoms with Gasteiger partial charge in [0.05, 0.1) is 5.92 Å². The smallest absolute Gasteiger partial charge is 0.312 e. The predicted octanol–water partition coefficient (Wildman–Crippen LogP) is 3.25. The number of carbonyl (C=O) groups excluding carboxylic acids is 3. The predicted molar refractivity (Wildman–Crippen MR) is 110 cm³/mol. The van der Waals surface area contributed by atoms with Crippen LogP contribution in [0.25, 0.3) is 0 Å². The Kier molecular flexibility index (Phi) is 6.54. The molecule has 0 saturated carbocycles. The van der Waals surface area contributed by atoms with Crippen LogP contribution in [0.15, 0.2) is 48.5 Å². The Morgan fingerprint density at radius 2 is 1.83 bits per heavy atom. The van der Waals surface area contributed by atoms with E-state index in [1.807, 2.05) is 43.3 Å². The van der Waals surface area contributed by atoms with Crippen LogP contribution in [0.3, 0.4) is 0 Å². The van der Waals surface area contributed by atoms with Crippen molar-refractivity contribution in [3.63, 3.8) is 0 Å². The number of amides is 2. The zero-order valence-corrected chi connectivity index (χ0v) is 17.1. The number of benzene rings is 2. The number of esters is 1. The van der Waals surface area contributed by atoms with E-state index in [9.17, 15) is 14.4 Å². The molecule has 152 valence electrons. The second-order valence-corrected chi connectivity index (χ2v) is 7.60. The molecule has 0 radical (unpaired) electrons. The van der Waals surface area contributed by atoms with Crippen molar-refractivity contribution in [3.8, 4) is 0 Å². The van der Waals surface area contributed by atoms with Crippen LogP contribution in [0.4, 0.5) is 5.69 Å². The quantitative estimate of drug-likeness (QED) is 0.736. The summed E-state index contributed by atoms with van der Waals surface area (Å²) in [5.74, 6) is -1.65. The van der Waals surface area contributed by atoms with E-state index >= 15 is 0 Å². The normalized spacial score (nSPS) is 17.1. The van der Waals surface area contributed by atoms with Crippen molar-refractivity contribution in [2.75, 3.05) is 11.4 Å². The molecule has 1 saturated heterocycles. The van der Waals surface area contributed by atoms with E-state index in [1.165, 1.54) is 6.92 Å². The number of anilines is 1. The highest BCUT2D eigenvalue weighted by Gasteiger charge is 2.37. The van der Waals surface area contributed by atoms with Crippen LogP contribution in [0.1, 0.15) is 24.5 Å². The molecule has 1 aliphatic heterocycles. The van der Waals surface area contributed by atoms with E-state index in [-0.39, 0.29) is 18.9 Å². The van der Waals surface area contributed by atoms with Gasteiger partial charge >= 0.3 is 5.97 Å². The van der Waals surface area contributed by atoms with Gasteiger partial charge in [-0.3, -0.25) is 14.4 Å². The number of halogens is 1. The second kappa shape index (κ2) is 9.09. The maximum Gasteiger partial charge on any atom is 0.312 e. The Hall–Kier alpha value is -2.86. The maximum atomic E-state index is 12.5. The van der Waals surface area contributed by atoms with Crippen LogP contribution in [-0.2, 0) is 25.7 Å². The average molecular weight is 415 g/mol. The molecule has 0 aromatic heterocycles. The molecule has 1 N–H and O–H groups in total. The lowest BCUT2D eigenvalue weighted by Gasteiger charge is -2.18. The minimum atomic E-state index is -0.946. The summed E-state index contributed by atoms with van der Waals surface area (Å²) in [4.78, 5) is 38.6. The van der Waals surface area contributed by atoms with E-state index in [4.69, 9.17) is 16.3 Å². The highest BCUT2D eigenvalue weighted by atomic mass is 35.5. The van der Waals surface area contributed by atoms with Gasteiger partial charge in [0.2, 0.25) is 5.91 Å². The summed E-state index contributed by atoms with van der Waals surface area (Å²) < 4.78 is 5.30. The molecule has 2 atom stereocenters. The summed E-state index contributed by atoms with van der Waals surface area (Å²) in [5.41, 5.74) is 2.73. The molecular weight excluding hydrogens is 392 g/mol. The van der Waals surface area contributed by atoms with E-state index in [1.54, 1.807) is 17.0 Å². The molecule has 7 heteroatoms. The summed E-state index contributed by atoms with van der Waals surface area (Å²) in [6.45, 7) is 4.04. The molecule has 1 fully saturated rings. The van der Waals surface area contributed by atoms with E-state index in [2.05, 4.69) is 5.32 Å². The topological polar surface area (TPSA) is 75.7 Å². The number of ether oxygens (including phenoxy) is 1. The van der Waals surface area contributed by atoms with Gasteiger partial charge in [-0.05, 0) is 43.7 Å². The largest absolute Gasteiger partial charge is 0.452 e. The van der Waals surface area contributed by atoms with Crippen molar-refractivity contribution in [1.29, 1.82) is 0 Å². The first-order valence-electron chi connectivity index (χ1n) is 9.43. The van der Waals surface area contributed by atoms with Crippen LogP contribution in [0.2, 0.25) is 5.02 Å². The van der Waals surface area contributed by atoms with Gasteiger partial charge in [0.25, 0.3) is 5.91 Å². The van der Waals surface area contributed by atoms with Crippen LogP contribution >= 0.6 is 11.6 Å². The second-order valence-electron chi connectivity index (χ2n) is 7.16. The van der Waals surface area contributed by atoms with E-state index in [0.29, 0.717) is 11.6 Å². The van der Waals surface area contributed by atoms with Gasteiger partial charge in [-0.25, -0.2) is 0 Å². The van der Waals surface area contributed by atoms with Gasteiger partial charge in [0, 0.05) is 30.2 Å². The molecule has 2 aromatic rings. The van der Waals surface area contributed by atoms with Crippen LogP contribution in [-0.4, -0.2) is 30.4 Å². The number of nitrogens with one attached hydrogen (secondary N) is 1. The van der Waals surface area contributed by atoms with Crippen molar-refractivity contribution in [2.24, 2.45) is 5.92 Å². The monoisotopic (exact) mass is 414 g/mol. The first-order chi connectivity index (χ1) is 13.8. The Morgan fingerprint density at radius 1 is 1.17 bits per heavy atom. The van der Waals surface area contributed by atoms with Gasteiger partial charge in [-0.15, -0.1) is 0 Å².